The fourth-order valence-corrected chi connectivity index (χ4v) is 4.57. The molecule has 1 aromatic rings. The molecule has 0 unspecified atom stereocenters. The van der Waals surface area contributed by atoms with Gasteiger partial charge in [-0.05, 0) is 36.8 Å². The maximum absolute atomic E-state index is 2.39. The maximum Gasteiger partial charge on any atom is 0.0586 e. The molecular formula is C14H22S2. The van der Waals surface area contributed by atoms with Crippen molar-refractivity contribution in [2.75, 3.05) is 11.5 Å². The van der Waals surface area contributed by atoms with E-state index in [-0.39, 0.29) is 0 Å². The van der Waals surface area contributed by atoms with Crippen LogP contribution in [0.3, 0.4) is 0 Å². The van der Waals surface area contributed by atoms with Crippen LogP contribution in [0.25, 0.3) is 0 Å². The van der Waals surface area contributed by atoms with E-state index in [1.165, 1.54) is 29.9 Å². The Morgan fingerprint density at radius 3 is 2.06 bits per heavy atom. The second-order valence-electron chi connectivity index (χ2n) is 3.99. The lowest BCUT2D eigenvalue weighted by Gasteiger charge is -2.27. The molecule has 1 rings (SSSR count). The van der Waals surface area contributed by atoms with Crippen molar-refractivity contribution < 1.29 is 0 Å². The topological polar surface area (TPSA) is 0 Å². The van der Waals surface area contributed by atoms with Crippen LogP contribution in [0.15, 0.2) is 30.3 Å². The summed E-state index contributed by atoms with van der Waals surface area (Å²) < 4.78 is 0.388. The van der Waals surface area contributed by atoms with Crippen molar-refractivity contribution in [3.63, 3.8) is 0 Å². The highest BCUT2D eigenvalue weighted by Crippen LogP contribution is 2.40. The van der Waals surface area contributed by atoms with Gasteiger partial charge in [-0.1, -0.05) is 44.2 Å². The average Bonchev–Trinajstić information content (AvgIpc) is 2.29. The summed E-state index contributed by atoms with van der Waals surface area (Å²) in [5, 5.41) is 0. The van der Waals surface area contributed by atoms with Gasteiger partial charge in [0.25, 0.3) is 0 Å². The maximum atomic E-state index is 2.39. The lowest BCUT2D eigenvalue weighted by Crippen LogP contribution is -2.17. The van der Waals surface area contributed by atoms with Gasteiger partial charge in [-0.25, -0.2) is 0 Å². The Kier molecular flexibility index (Phi) is 6.37. The lowest BCUT2D eigenvalue weighted by molar-refractivity contribution is 0.767. The standard InChI is InChI=1S/C14H22S2/c1-4-15-14(3,16-5-2)12-11-13-9-7-6-8-10-13/h6-10H,4-5,11-12H2,1-3H3. The molecule has 0 heterocycles. The molecule has 0 bridgehead atoms. The van der Waals surface area contributed by atoms with Crippen molar-refractivity contribution in [1.82, 2.24) is 0 Å². The summed E-state index contributed by atoms with van der Waals surface area (Å²) in [6.45, 7) is 6.89. The summed E-state index contributed by atoms with van der Waals surface area (Å²) in [5.74, 6) is 2.41. The van der Waals surface area contributed by atoms with E-state index in [1.807, 2.05) is 0 Å². The molecule has 1 aromatic carbocycles. The molecule has 0 amide bonds. The second-order valence-corrected chi connectivity index (χ2v) is 7.78. The molecule has 0 aliphatic carbocycles. The van der Waals surface area contributed by atoms with Crippen molar-refractivity contribution in [2.24, 2.45) is 0 Å². The van der Waals surface area contributed by atoms with Gasteiger partial charge in [0.15, 0.2) is 0 Å². The van der Waals surface area contributed by atoms with Gasteiger partial charge in [0.2, 0.25) is 0 Å². The molecule has 0 aliphatic heterocycles. The normalized spacial score (nSPS) is 11.7. The predicted octanol–water partition coefficient (Wildman–Crippen LogP) is 4.84. The third-order valence-electron chi connectivity index (χ3n) is 2.61. The number of thioether (sulfide) groups is 2. The summed E-state index contributed by atoms with van der Waals surface area (Å²) >= 11 is 4.17. The van der Waals surface area contributed by atoms with Crippen LogP contribution in [0.1, 0.15) is 32.8 Å². The molecule has 0 aromatic heterocycles. The Hall–Kier alpha value is -0.0800. The summed E-state index contributed by atoms with van der Waals surface area (Å²) in [6, 6.07) is 10.8. The summed E-state index contributed by atoms with van der Waals surface area (Å²) in [5.41, 5.74) is 1.46. The smallest absolute Gasteiger partial charge is 0.0586 e. The number of rotatable bonds is 7. The van der Waals surface area contributed by atoms with Crippen LogP contribution >= 0.6 is 23.5 Å². The van der Waals surface area contributed by atoms with E-state index in [0.29, 0.717) is 4.08 Å². The molecule has 0 fully saturated rings. The molecule has 0 atom stereocenters. The van der Waals surface area contributed by atoms with Gasteiger partial charge in [-0.2, -0.15) is 0 Å². The van der Waals surface area contributed by atoms with Gasteiger partial charge in [0, 0.05) is 0 Å². The number of hydrogen-bond donors (Lipinski definition) is 0. The van der Waals surface area contributed by atoms with E-state index in [0.717, 1.165) is 0 Å². The van der Waals surface area contributed by atoms with E-state index < -0.39 is 0 Å². The zero-order valence-corrected chi connectivity index (χ0v) is 12.2. The van der Waals surface area contributed by atoms with Gasteiger partial charge in [0.1, 0.15) is 0 Å². The van der Waals surface area contributed by atoms with E-state index in [4.69, 9.17) is 0 Å². The van der Waals surface area contributed by atoms with Crippen LogP contribution in [0.4, 0.5) is 0 Å². The minimum Gasteiger partial charge on any atom is -0.145 e. The molecule has 0 saturated carbocycles. The van der Waals surface area contributed by atoms with E-state index in [2.05, 4.69) is 74.6 Å². The summed E-state index contributed by atoms with van der Waals surface area (Å²) in [7, 11) is 0. The molecule has 0 N–H and O–H groups in total. The van der Waals surface area contributed by atoms with Crippen LogP contribution in [0.5, 0.6) is 0 Å². The third kappa shape index (κ3) is 4.84. The van der Waals surface area contributed by atoms with Gasteiger partial charge in [-0.3, -0.25) is 0 Å². The zero-order chi connectivity index (χ0) is 11.9. The van der Waals surface area contributed by atoms with Crippen molar-refractivity contribution in [1.29, 1.82) is 0 Å². The minimum atomic E-state index is 0.388. The molecule has 0 radical (unpaired) electrons. The average molecular weight is 254 g/mol. The Labute approximate surface area is 109 Å². The van der Waals surface area contributed by atoms with Crippen molar-refractivity contribution in [3.05, 3.63) is 35.9 Å². The molecule has 90 valence electrons. The highest BCUT2D eigenvalue weighted by Gasteiger charge is 2.23. The fourth-order valence-electron chi connectivity index (χ4n) is 1.81. The fraction of sp³-hybridized carbons (Fsp3) is 0.571. The molecular weight excluding hydrogens is 232 g/mol. The lowest BCUT2D eigenvalue weighted by atomic mass is 10.1. The quantitative estimate of drug-likeness (QED) is 0.638. The molecule has 0 saturated heterocycles. The Morgan fingerprint density at radius 1 is 1.00 bits per heavy atom. The first-order valence-corrected chi connectivity index (χ1v) is 7.99. The summed E-state index contributed by atoms with van der Waals surface area (Å²) in [6.07, 6.45) is 2.45. The Balaban J connectivity index is 2.49. The van der Waals surface area contributed by atoms with Crippen molar-refractivity contribution in [3.8, 4) is 0 Å². The molecule has 0 nitrogen and oxygen atoms in total. The Bertz CT molecular complexity index is 276. The minimum absolute atomic E-state index is 0.388. The van der Waals surface area contributed by atoms with Crippen molar-refractivity contribution >= 4 is 23.5 Å². The van der Waals surface area contributed by atoms with E-state index in [1.54, 1.807) is 0 Å². The van der Waals surface area contributed by atoms with Gasteiger partial charge in [-0.15, -0.1) is 23.5 Å². The first-order chi connectivity index (χ1) is 7.70. The first-order valence-electron chi connectivity index (χ1n) is 6.02. The van der Waals surface area contributed by atoms with E-state index >= 15 is 0 Å². The molecule has 2 heteroatoms. The number of aryl methyl sites for hydroxylation is 1. The Morgan fingerprint density at radius 2 is 1.56 bits per heavy atom. The van der Waals surface area contributed by atoms with Gasteiger partial charge in [0.05, 0.1) is 4.08 Å². The molecule has 0 spiro atoms. The predicted molar refractivity (Wildman–Crippen MR) is 79.4 cm³/mol. The number of benzene rings is 1. The molecule has 16 heavy (non-hydrogen) atoms. The highest BCUT2D eigenvalue weighted by molar-refractivity contribution is 8.18. The van der Waals surface area contributed by atoms with Crippen molar-refractivity contribution in [2.45, 2.75) is 37.7 Å². The van der Waals surface area contributed by atoms with Crippen LogP contribution in [0.2, 0.25) is 0 Å². The third-order valence-corrected chi connectivity index (χ3v) is 5.52. The van der Waals surface area contributed by atoms with Crippen LogP contribution in [-0.2, 0) is 6.42 Å². The number of hydrogen-bond acceptors (Lipinski definition) is 2. The first kappa shape index (κ1) is 14.0. The monoisotopic (exact) mass is 254 g/mol. The SMILES string of the molecule is CCSC(C)(CCc1ccccc1)SCC. The van der Waals surface area contributed by atoms with Gasteiger partial charge < -0.3 is 0 Å². The second kappa shape index (κ2) is 7.29. The van der Waals surface area contributed by atoms with Crippen LogP contribution in [0, 0.1) is 0 Å². The zero-order valence-electron chi connectivity index (χ0n) is 10.5. The van der Waals surface area contributed by atoms with Crippen LogP contribution in [-0.4, -0.2) is 15.6 Å². The highest BCUT2D eigenvalue weighted by atomic mass is 32.2. The van der Waals surface area contributed by atoms with Gasteiger partial charge >= 0.3 is 0 Å². The molecule has 0 aliphatic rings. The van der Waals surface area contributed by atoms with Crippen LogP contribution < -0.4 is 0 Å². The summed E-state index contributed by atoms with van der Waals surface area (Å²) in [4.78, 5) is 0. The largest absolute Gasteiger partial charge is 0.145 e. The van der Waals surface area contributed by atoms with E-state index in [9.17, 15) is 0 Å².